The molecule has 7 nitrogen and oxygen atoms in total. The van der Waals surface area contributed by atoms with E-state index in [2.05, 4.69) is 25.0 Å². The second-order valence-corrected chi connectivity index (χ2v) is 9.23. The Bertz CT molecular complexity index is 915. The molecule has 1 aliphatic heterocycles. The average molecular weight is 441 g/mol. The first-order valence-corrected chi connectivity index (χ1v) is 11.5. The van der Waals surface area contributed by atoms with Gasteiger partial charge >= 0.3 is 0 Å². The van der Waals surface area contributed by atoms with Crippen molar-refractivity contribution in [3.8, 4) is 5.75 Å². The second kappa shape index (κ2) is 10.7. The molecule has 0 radical (unpaired) electrons. The lowest BCUT2D eigenvalue weighted by atomic mass is 9.84. The van der Waals surface area contributed by atoms with Crippen molar-refractivity contribution in [3.63, 3.8) is 0 Å². The average Bonchev–Trinajstić information content (AvgIpc) is 3.22. The number of rotatable bonds is 8. The second-order valence-electron chi connectivity index (χ2n) is 9.23. The molecule has 0 saturated carbocycles. The molecule has 0 bridgehead atoms. The van der Waals surface area contributed by atoms with Crippen molar-refractivity contribution in [2.24, 2.45) is 18.9 Å². The van der Waals surface area contributed by atoms with E-state index < -0.39 is 0 Å². The van der Waals surface area contributed by atoms with Crippen LogP contribution in [0, 0.1) is 11.8 Å². The van der Waals surface area contributed by atoms with Crippen molar-refractivity contribution in [2.75, 3.05) is 27.2 Å². The van der Waals surface area contributed by atoms with Crippen LogP contribution in [-0.2, 0) is 18.3 Å². The summed E-state index contributed by atoms with van der Waals surface area (Å²) < 4.78 is 7.05. The van der Waals surface area contributed by atoms with Crippen LogP contribution in [-0.4, -0.2) is 64.7 Å². The molecule has 1 aromatic heterocycles. The zero-order valence-corrected chi connectivity index (χ0v) is 20.0. The van der Waals surface area contributed by atoms with Crippen LogP contribution >= 0.6 is 0 Å². The maximum atomic E-state index is 13.2. The molecule has 0 spiro atoms. The summed E-state index contributed by atoms with van der Waals surface area (Å²) in [5.41, 5.74) is 1.59. The van der Waals surface area contributed by atoms with E-state index in [4.69, 9.17) is 4.74 Å². The third-order valence-corrected chi connectivity index (χ3v) is 6.35. The number of amides is 2. The number of benzene rings is 1. The number of hydrogen-bond donors (Lipinski definition) is 0. The van der Waals surface area contributed by atoms with E-state index in [0.29, 0.717) is 24.0 Å². The summed E-state index contributed by atoms with van der Waals surface area (Å²) in [6.07, 6.45) is 4.89. The Morgan fingerprint density at radius 1 is 1.22 bits per heavy atom. The molecule has 32 heavy (non-hydrogen) atoms. The van der Waals surface area contributed by atoms with E-state index in [1.165, 1.54) is 0 Å². The van der Waals surface area contributed by atoms with Gasteiger partial charge in [0.1, 0.15) is 11.4 Å². The van der Waals surface area contributed by atoms with E-state index in [1.54, 1.807) is 24.1 Å². The Balaban J connectivity index is 1.77. The summed E-state index contributed by atoms with van der Waals surface area (Å²) in [5.74, 6) is 1.65. The van der Waals surface area contributed by atoms with Gasteiger partial charge in [-0.25, -0.2) is 0 Å². The van der Waals surface area contributed by atoms with E-state index in [0.717, 1.165) is 43.7 Å². The molecule has 2 heterocycles. The first-order chi connectivity index (χ1) is 15.3. The fourth-order valence-corrected chi connectivity index (χ4v) is 4.53. The molecule has 0 aliphatic carbocycles. The molecule has 2 amide bonds. The van der Waals surface area contributed by atoms with Gasteiger partial charge in [0.15, 0.2) is 0 Å². The molecule has 1 atom stereocenters. The predicted octanol–water partition coefficient (Wildman–Crippen LogP) is 3.40. The SMILES string of the molecule is COc1cccc(C[C@H](C2CCN(C(=O)CC(C)C)CC2)N(C)C(=O)c2ccn(C)n2)c1. The molecule has 3 rings (SSSR count). The highest BCUT2D eigenvalue weighted by atomic mass is 16.5. The molecule has 1 saturated heterocycles. The largest absolute Gasteiger partial charge is 0.497 e. The molecule has 174 valence electrons. The molecule has 0 N–H and O–H groups in total. The van der Waals surface area contributed by atoms with Gasteiger partial charge in [0.2, 0.25) is 5.91 Å². The Labute approximate surface area is 191 Å². The van der Waals surface area contributed by atoms with Gasteiger partial charge in [-0.05, 0) is 54.9 Å². The van der Waals surface area contributed by atoms with Crippen molar-refractivity contribution in [2.45, 2.75) is 45.6 Å². The minimum atomic E-state index is -0.0724. The van der Waals surface area contributed by atoms with Gasteiger partial charge in [-0.1, -0.05) is 26.0 Å². The Morgan fingerprint density at radius 2 is 1.94 bits per heavy atom. The Morgan fingerprint density at radius 3 is 2.53 bits per heavy atom. The van der Waals surface area contributed by atoms with Crippen LogP contribution in [0.4, 0.5) is 0 Å². The lowest BCUT2D eigenvalue weighted by Gasteiger charge is -2.40. The highest BCUT2D eigenvalue weighted by molar-refractivity contribution is 5.92. The van der Waals surface area contributed by atoms with Gasteiger partial charge in [-0.2, -0.15) is 5.10 Å². The van der Waals surface area contributed by atoms with Gasteiger partial charge in [0.25, 0.3) is 5.91 Å². The standard InChI is InChI=1S/C25H36N4O3/c1-18(2)15-24(30)29-13-9-20(10-14-29)23(17-19-7-6-8-21(16-19)32-5)28(4)25(31)22-11-12-27(3)26-22/h6-8,11-12,16,18,20,23H,9-10,13-15,17H2,1-5H3/t23-/m1/s1. The number of aryl methyl sites for hydroxylation is 1. The Hall–Kier alpha value is -2.83. The Kier molecular flexibility index (Phi) is 7.94. The number of aromatic nitrogens is 2. The van der Waals surface area contributed by atoms with Gasteiger partial charge in [-0.3, -0.25) is 14.3 Å². The van der Waals surface area contributed by atoms with Crippen molar-refractivity contribution in [1.29, 1.82) is 0 Å². The summed E-state index contributed by atoms with van der Waals surface area (Å²) in [6.45, 7) is 5.65. The van der Waals surface area contributed by atoms with Gasteiger partial charge < -0.3 is 14.5 Å². The first-order valence-electron chi connectivity index (χ1n) is 11.5. The minimum Gasteiger partial charge on any atom is -0.497 e. The monoisotopic (exact) mass is 440 g/mol. The molecule has 1 fully saturated rings. The summed E-state index contributed by atoms with van der Waals surface area (Å²) in [7, 11) is 5.35. The molecule has 0 unspecified atom stereocenters. The number of likely N-dealkylation sites (N-methyl/N-ethyl adjacent to an activating group) is 1. The number of methoxy groups -OCH3 is 1. The van der Waals surface area contributed by atoms with Crippen molar-refractivity contribution < 1.29 is 14.3 Å². The smallest absolute Gasteiger partial charge is 0.274 e. The van der Waals surface area contributed by atoms with Crippen LogP contribution in [0.5, 0.6) is 5.75 Å². The molecule has 2 aromatic rings. The molecule has 1 aromatic carbocycles. The molecule has 7 heteroatoms. The van der Waals surface area contributed by atoms with Crippen LogP contribution in [0.15, 0.2) is 36.5 Å². The zero-order chi connectivity index (χ0) is 23.3. The molecule has 1 aliphatic rings. The maximum absolute atomic E-state index is 13.2. The van der Waals surface area contributed by atoms with Crippen LogP contribution in [0.2, 0.25) is 0 Å². The summed E-state index contributed by atoms with van der Waals surface area (Å²) in [6, 6.07) is 9.80. The topological polar surface area (TPSA) is 67.7 Å². The molecular formula is C25H36N4O3. The number of piperidine rings is 1. The molecular weight excluding hydrogens is 404 g/mol. The van der Waals surface area contributed by atoms with Crippen molar-refractivity contribution in [3.05, 3.63) is 47.8 Å². The fraction of sp³-hybridized carbons (Fsp3) is 0.560. The number of nitrogens with zero attached hydrogens (tertiary/aromatic N) is 4. The highest BCUT2D eigenvalue weighted by Crippen LogP contribution is 2.28. The maximum Gasteiger partial charge on any atom is 0.274 e. The fourth-order valence-electron chi connectivity index (χ4n) is 4.53. The third kappa shape index (κ3) is 5.90. The zero-order valence-electron chi connectivity index (χ0n) is 20.0. The van der Waals surface area contributed by atoms with Crippen LogP contribution in [0.3, 0.4) is 0 Å². The number of ether oxygens (including phenoxy) is 1. The van der Waals surface area contributed by atoms with E-state index >= 15 is 0 Å². The van der Waals surface area contributed by atoms with Gasteiger partial charge in [-0.15, -0.1) is 0 Å². The minimum absolute atomic E-state index is 0.0129. The third-order valence-electron chi connectivity index (χ3n) is 6.35. The summed E-state index contributed by atoms with van der Waals surface area (Å²) >= 11 is 0. The van der Waals surface area contributed by atoms with Crippen LogP contribution < -0.4 is 4.74 Å². The summed E-state index contributed by atoms with van der Waals surface area (Å²) in [4.78, 5) is 29.6. The predicted molar refractivity (Wildman–Crippen MR) is 125 cm³/mol. The number of hydrogen-bond acceptors (Lipinski definition) is 4. The van der Waals surface area contributed by atoms with Crippen molar-refractivity contribution >= 4 is 11.8 Å². The number of likely N-dealkylation sites (tertiary alicyclic amines) is 1. The summed E-state index contributed by atoms with van der Waals surface area (Å²) in [5, 5.41) is 4.31. The number of carbonyl (C=O) groups excluding carboxylic acids is 2. The van der Waals surface area contributed by atoms with E-state index in [9.17, 15) is 9.59 Å². The van der Waals surface area contributed by atoms with Gasteiger partial charge in [0, 0.05) is 45.8 Å². The quantitative estimate of drug-likeness (QED) is 0.631. The highest BCUT2D eigenvalue weighted by Gasteiger charge is 2.33. The van der Waals surface area contributed by atoms with Crippen LogP contribution in [0.25, 0.3) is 0 Å². The van der Waals surface area contributed by atoms with Crippen LogP contribution in [0.1, 0.15) is 49.2 Å². The van der Waals surface area contributed by atoms with E-state index in [1.807, 2.05) is 42.1 Å². The van der Waals surface area contributed by atoms with E-state index in [-0.39, 0.29) is 17.9 Å². The van der Waals surface area contributed by atoms with Crippen molar-refractivity contribution in [1.82, 2.24) is 19.6 Å². The lowest BCUT2D eigenvalue weighted by molar-refractivity contribution is -0.133. The number of carbonyl (C=O) groups is 2. The van der Waals surface area contributed by atoms with Gasteiger partial charge in [0.05, 0.1) is 7.11 Å². The lowest BCUT2D eigenvalue weighted by Crippen LogP contribution is -2.48. The first kappa shape index (κ1) is 23.8. The normalized spacial score (nSPS) is 15.6.